The normalized spacial score (nSPS) is 16.3. The first kappa shape index (κ1) is 24.2. The number of rotatable bonds is 8. The van der Waals surface area contributed by atoms with Crippen molar-refractivity contribution in [2.24, 2.45) is 4.99 Å². The van der Waals surface area contributed by atoms with Crippen LogP contribution in [0.25, 0.3) is 11.1 Å². The molecule has 35 heavy (non-hydrogen) atoms. The molecule has 3 aromatic rings. The highest BCUT2D eigenvalue weighted by Crippen LogP contribution is 2.35. The van der Waals surface area contributed by atoms with Crippen molar-refractivity contribution >= 4 is 29.6 Å². The molecule has 1 aliphatic heterocycles. The van der Waals surface area contributed by atoms with Gasteiger partial charge in [-0.05, 0) is 71.3 Å². The summed E-state index contributed by atoms with van der Waals surface area (Å²) < 4.78 is 25.3. The first-order chi connectivity index (χ1) is 16.8. The van der Waals surface area contributed by atoms with Crippen LogP contribution in [0, 0.1) is 5.82 Å². The minimum absolute atomic E-state index is 0.0237. The number of benzene rings is 3. The van der Waals surface area contributed by atoms with E-state index in [2.05, 4.69) is 4.99 Å². The lowest BCUT2D eigenvalue weighted by molar-refractivity contribution is 0.0693. The number of aliphatic imine (C=N–C) groups is 1. The van der Waals surface area contributed by atoms with Gasteiger partial charge in [0.25, 0.3) is 0 Å². The Morgan fingerprint density at radius 1 is 0.971 bits per heavy atom. The molecule has 1 heterocycles. The van der Waals surface area contributed by atoms with Gasteiger partial charge in [0.05, 0.1) is 19.8 Å². The predicted octanol–water partition coefficient (Wildman–Crippen LogP) is 5.67. The van der Waals surface area contributed by atoms with Gasteiger partial charge in [0, 0.05) is 17.7 Å². The van der Waals surface area contributed by atoms with Crippen LogP contribution in [0.2, 0.25) is 5.02 Å². The second-order valence-corrected chi connectivity index (χ2v) is 8.37. The van der Waals surface area contributed by atoms with E-state index < -0.39 is 23.1 Å². The number of carbonyl (C=O) groups excluding carboxylic acids is 1. The van der Waals surface area contributed by atoms with Crippen molar-refractivity contribution in [2.75, 3.05) is 14.2 Å². The Hall–Kier alpha value is -3.97. The van der Waals surface area contributed by atoms with Crippen LogP contribution in [0.4, 0.5) is 4.39 Å². The molecule has 0 amide bonds. The average molecular weight is 494 g/mol. The van der Waals surface area contributed by atoms with Crippen LogP contribution >= 0.6 is 11.6 Å². The van der Waals surface area contributed by atoms with Gasteiger partial charge in [-0.1, -0.05) is 23.7 Å². The molecule has 178 valence electrons. The summed E-state index contributed by atoms with van der Waals surface area (Å²) in [4.78, 5) is 29.5. The topological polar surface area (TPSA) is 85.2 Å². The van der Waals surface area contributed by atoms with Crippen LogP contribution in [0.15, 0.2) is 71.7 Å². The Morgan fingerprint density at radius 2 is 1.66 bits per heavy atom. The fourth-order valence-corrected chi connectivity index (χ4v) is 4.25. The van der Waals surface area contributed by atoms with Crippen molar-refractivity contribution in [3.63, 3.8) is 0 Å². The molecule has 4 rings (SSSR count). The van der Waals surface area contributed by atoms with Gasteiger partial charge < -0.3 is 14.6 Å². The Kier molecular flexibility index (Phi) is 6.71. The lowest BCUT2D eigenvalue weighted by atomic mass is 9.83. The molecule has 6 nitrogen and oxygen atoms in total. The summed E-state index contributed by atoms with van der Waals surface area (Å²) in [6.45, 7) is 0. The number of ketones is 1. The summed E-state index contributed by atoms with van der Waals surface area (Å²) in [6.07, 6.45) is 4.88. The standard InChI is InChI=1S/C27H21ClFNO5/c1-34-23-8-4-16(17-5-9-24(35-2)21(13-17)26(32)33)12-18(23)15-27(10-3-11-30-27)25(31)20-7-6-19(28)14-22(20)29/h3-14H,15H2,1-2H3,(H,32,33). The van der Waals surface area contributed by atoms with E-state index in [4.69, 9.17) is 21.1 Å². The number of ether oxygens (including phenoxy) is 2. The second-order valence-electron chi connectivity index (χ2n) is 7.94. The summed E-state index contributed by atoms with van der Waals surface area (Å²) in [5, 5.41) is 9.73. The average Bonchev–Trinajstić information content (AvgIpc) is 3.33. The first-order valence-electron chi connectivity index (χ1n) is 10.6. The Bertz CT molecular complexity index is 1370. The van der Waals surface area contributed by atoms with E-state index in [0.29, 0.717) is 22.4 Å². The first-order valence-corrected chi connectivity index (χ1v) is 11.0. The fourth-order valence-electron chi connectivity index (χ4n) is 4.09. The van der Waals surface area contributed by atoms with Crippen LogP contribution < -0.4 is 9.47 Å². The molecule has 8 heteroatoms. The third kappa shape index (κ3) is 4.68. The van der Waals surface area contributed by atoms with E-state index in [-0.39, 0.29) is 28.3 Å². The third-order valence-corrected chi connectivity index (χ3v) is 6.07. The highest BCUT2D eigenvalue weighted by atomic mass is 35.5. The van der Waals surface area contributed by atoms with Crippen molar-refractivity contribution in [2.45, 2.75) is 12.0 Å². The fraction of sp³-hybridized carbons (Fsp3) is 0.148. The molecular weight excluding hydrogens is 473 g/mol. The Morgan fingerprint density at radius 3 is 2.26 bits per heavy atom. The van der Waals surface area contributed by atoms with Crippen LogP contribution in [-0.4, -0.2) is 42.8 Å². The minimum atomic E-state index is -1.37. The highest BCUT2D eigenvalue weighted by Gasteiger charge is 2.39. The third-order valence-electron chi connectivity index (χ3n) is 5.84. The highest BCUT2D eigenvalue weighted by molar-refractivity contribution is 6.30. The summed E-state index contributed by atoms with van der Waals surface area (Å²) in [5.41, 5.74) is 0.528. The molecule has 3 aromatic carbocycles. The molecule has 0 bridgehead atoms. The van der Waals surface area contributed by atoms with Crippen LogP contribution in [0.3, 0.4) is 0 Å². The number of hydrogen-bond donors (Lipinski definition) is 1. The van der Waals surface area contributed by atoms with Crippen molar-refractivity contribution in [3.05, 3.63) is 94.3 Å². The van der Waals surface area contributed by atoms with E-state index in [9.17, 15) is 19.1 Å². The van der Waals surface area contributed by atoms with Gasteiger partial charge in [-0.15, -0.1) is 0 Å². The zero-order chi connectivity index (χ0) is 25.2. The lowest BCUT2D eigenvalue weighted by Gasteiger charge is -2.25. The van der Waals surface area contributed by atoms with E-state index in [1.807, 2.05) is 0 Å². The monoisotopic (exact) mass is 493 g/mol. The molecule has 0 aromatic heterocycles. The number of carboxylic acid groups (broad SMARTS) is 1. The molecule has 1 N–H and O–H groups in total. The van der Waals surface area contributed by atoms with Crippen molar-refractivity contribution in [3.8, 4) is 22.6 Å². The van der Waals surface area contributed by atoms with E-state index >= 15 is 0 Å². The Labute approximate surface area is 206 Å². The van der Waals surface area contributed by atoms with Gasteiger partial charge in [-0.3, -0.25) is 9.79 Å². The van der Waals surface area contributed by atoms with E-state index in [0.717, 1.165) is 6.07 Å². The minimum Gasteiger partial charge on any atom is -0.496 e. The van der Waals surface area contributed by atoms with Crippen molar-refractivity contribution in [1.82, 2.24) is 0 Å². The maximum atomic E-state index is 14.6. The Balaban J connectivity index is 1.77. The number of Topliss-reactive ketones (excluding diaryl/α,β-unsaturated/α-hetero) is 1. The molecule has 1 unspecified atom stereocenters. The maximum absolute atomic E-state index is 14.6. The van der Waals surface area contributed by atoms with Gasteiger partial charge in [-0.25, -0.2) is 9.18 Å². The number of nitrogens with zero attached hydrogens (tertiary/aromatic N) is 1. The SMILES string of the molecule is COc1ccc(-c2ccc(OC)c(C(=O)O)c2)cc1CC1(C(=O)c2ccc(Cl)cc2F)C=CC=N1. The number of halogens is 2. The number of carbonyl (C=O) groups is 2. The largest absolute Gasteiger partial charge is 0.496 e. The molecule has 0 radical (unpaired) electrons. The smallest absolute Gasteiger partial charge is 0.339 e. The van der Waals surface area contributed by atoms with Crippen molar-refractivity contribution in [1.29, 1.82) is 0 Å². The summed E-state index contributed by atoms with van der Waals surface area (Å²) in [5.74, 6) is -1.59. The quantitative estimate of drug-likeness (QED) is 0.409. The molecule has 0 aliphatic carbocycles. The molecule has 0 saturated carbocycles. The number of aromatic carboxylic acids is 1. The van der Waals surface area contributed by atoms with Crippen LogP contribution in [0.5, 0.6) is 11.5 Å². The second kappa shape index (κ2) is 9.72. The number of methoxy groups -OCH3 is 2. The van der Waals surface area contributed by atoms with Gasteiger partial charge in [0.2, 0.25) is 0 Å². The zero-order valence-electron chi connectivity index (χ0n) is 18.9. The molecule has 1 aliphatic rings. The van der Waals surface area contributed by atoms with Crippen molar-refractivity contribution < 1.29 is 28.6 Å². The predicted molar refractivity (Wildman–Crippen MR) is 132 cm³/mol. The number of allylic oxidation sites excluding steroid dienone is 1. The molecule has 0 saturated heterocycles. The van der Waals surface area contributed by atoms with E-state index in [1.54, 1.807) is 42.5 Å². The van der Waals surface area contributed by atoms with Crippen LogP contribution in [0.1, 0.15) is 26.3 Å². The number of carboxylic acids is 1. The van der Waals surface area contributed by atoms with Crippen LogP contribution in [-0.2, 0) is 6.42 Å². The zero-order valence-corrected chi connectivity index (χ0v) is 19.7. The summed E-state index contributed by atoms with van der Waals surface area (Å²) >= 11 is 5.85. The molecular formula is C27H21ClFNO5. The maximum Gasteiger partial charge on any atom is 0.339 e. The van der Waals surface area contributed by atoms with Gasteiger partial charge >= 0.3 is 5.97 Å². The summed E-state index contributed by atoms with van der Waals surface area (Å²) in [6, 6.07) is 14.1. The van der Waals surface area contributed by atoms with E-state index in [1.165, 1.54) is 38.6 Å². The molecule has 0 spiro atoms. The lowest BCUT2D eigenvalue weighted by Crippen LogP contribution is -2.36. The van der Waals surface area contributed by atoms with Gasteiger partial charge in [0.15, 0.2) is 5.78 Å². The van der Waals surface area contributed by atoms with Gasteiger partial charge in [-0.2, -0.15) is 0 Å². The molecule has 0 fully saturated rings. The summed E-state index contributed by atoms with van der Waals surface area (Å²) in [7, 11) is 2.91. The number of hydrogen-bond acceptors (Lipinski definition) is 5. The molecule has 1 atom stereocenters. The van der Waals surface area contributed by atoms with Gasteiger partial charge in [0.1, 0.15) is 28.4 Å².